The Morgan fingerprint density at radius 1 is 1.15 bits per heavy atom. The predicted octanol–water partition coefficient (Wildman–Crippen LogP) is 2.91. The van der Waals surface area contributed by atoms with Gasteiger partial charge in [0, 0.05) is 10.7 Å². The zero-order chi connectivity index (χ0) is 19.8. The van der Waals surface area contributed by atoms with E-state index in [2.05, 4.69) is 20.1 Å². The van der Waals surface area contributed by atoms with Crippen molar-refractivity contribution >= 4 is 38.9 Å². The van der Waals surface area contributed by atoms with Crippen LogP contribution in [0, 0.1) is 0 Å². The first-order chi connectivity index (χ1) is 12.5. The Morgan fingerprint density at radius 3 is 2.44 bits per heavy atom. The van der Waals surface area contributed by atoms with E-state index in [-0.39, 0.29) is 21.3 Å². The normalized spacial score (nSPS) is 18.1. The van der Waals surface area contributed by atoms with Crippen molar-refractivity contribution in [3.63, 3.8) is 0 Å². The van der Waals surface area contributed by atoms with E-state index >= 15 is 0 Å². The number of rotatable bonds is 3. The van der Waals surface area contributed by atoms with Crippen LogP contribution < -0.4 is 20.1 Å². The molecule has 12 heteroatoms. The third-order valence-electron chi connectivity index (χ3n) is 3.42. The van der Waals surface area contributed by atoms with Gasteiger partial charge in [-0.2, -0.15) is 4.72 Å². The minimum Gasteiger partial charge on any atom is -0.406 e. The average Bonchev–Trinajstić information content (AvgIpc) is 2.55. The van der Waals surface area contributed by atoms with E-state index in [1.165, 1.54) is 30.3 Å². The molecule has 0 saturated heterocycles. The average molecular weight is 422 g/mol. The molecule has 1 aliphatic rings. The van der Waals surface area contributed by atoms with Gasteiger partial charge in [-0.15, -0.1) is 13.2 Å². The number of benzene rings is 2. The summed E-state index contributed by atoms with van der Waals surface area (Å²) >= 11 is 5.78. The van der Waals surface area contributed by atoms with Gasteiger partial charge in [-0.3, -0.25) is 4.79 Å². The third kappa shape index (κ3) is 4.62. The minimum atomic E-state index is -4.83. The van der Waals surface area contributed by atoms with Gasteiger partial charge in [0.2, 0.25) is 10.0 Å². The number of hydrogen-bond acceptors (Lipinski definition) is 5. The molecule has 1 atom stereocenters. The Bertz CT molecular complexity index is 981. The molecule has 3 rings (SSSR count). The van der Waals surface area contributed by atoms with Crippen molar-refractivity contribution < 1.29 is 31.1 Å². The monoisotopic (exact) mass is 421 g/mol. The molecule has 27 heavy (non-hydrogen) atoms. The molecule has 1 unspecified atom stereocenters. The van der Waals surface area contributed by atoms with Gasteiger partial charge in [-0.1, -0.05) is 11.6 Å². The first kappa shape index (κ1) is 19.3. The Hall–Kier alpha value is -2.50. The smallest absolute Gasteiger partial charge is 0.406 e. The van der Waals surface area contributed by atoms with Crippen molar-refractivity contribution in [3.05, 3.63) is 47.5 Å². The van der Waals surface area contributed by atoms with E-state index in [1.807, 2.05) is 0 Å². The first-order valence-corrected chi connectivity index (χ1v) is 9.15. The standard InChI is InChI=1S/C15H11ClF3N3O4S/c16-8-1-6-11-12(7-8)27(24,25)22-13(21-11)14(23)20-9-2-4-10(5-3-9)26-15(17,18)19/h1-7,13,21-22H,(H,20,23). The van der Waals surface area contributed by atoms with Crippen LogP contribution in [-0.4, -0.2) is 26.9 Å². The summed E-state index contributed by atoms with van der Waals surface area (Å²) in [5, 5.41) is 5.31. The van der Waals surface area contributed by atoms with Gasteiger partial charge >= 0.3 is 6.36 Å². The number of ether oxygens (including phenoxy) is 1. The Balaban J connectivity index is 1.73. The van der Waals surface area contributed by atoms with Crippen LogP contribution in [0.5, 0.6) is 5.75 Å². The lowest BCUT2D eigenvalue weighted by Gasteiger charge is -2.27. The van der Waals surface area contributed by atoms with Crippen LogP contribution in [0.15, 0.2) is 47.4 Å². The van der Waals surface area contributed by atoms with Crippen LogP contribution in [0.25, 0.3) is 0 Å². The SMILES string of the molecule is O=C(Nc1ccc(OC(F)(F)F)cc1)C1Nc2ccc(Cl)cc2S(=O)(=O)N1. The molecule has 0 aliphatic carbocycles. The highest BCUT2D eigenvalue weighted by Crippen LogP contribution is 2.29. The summed E-state index contributed by atoms with van der Waals surface area (Å²) in [6.07, 6.45) is -6.15. The second-order valence-corrected chi connectivity index (χ2v) is 7.52. The van der Waals surface area contributed by atoms with Gasteiger partial charge in [-0.25, -0.2) is 8.42 Å². The summed E-state index contributed by atoms with van der Waals surface area (Å²) in [6, 6.07) is 8.51. The highest BCUT2D eigenvalue weighted by atomic mass is 35.5. The van der Waals surface area contributed by atoms with Gasteiger partial charge in [0.1, 0.15) is 10.6 Å². The number of amides is 1. The Kier molecular flexibility index (Phi) is 4.93. The molecule has 2 aromatic rings. The van der Waals surface area contributed by atoms with Gasteiger partial charge in [-0.05, 0) is 42.5 Å². The molecule has 0 saturated carbocycles. The summed E-state index contributed by atoms with van der Waals surface area (Å²) in [4.78, 5) is 12.2. The zero-order valence-corrected chi connectivity index (χ0v) is 14.7. The number of carbonyl (C=O) groups excluding carboxylic acids is 1. The van der Waals surface area contributed by atoms with Crippen molar-refractivity contribution in [2.45, 2.75) is 17.4 Å². The summed E-state index contributed by atoms with van der Waals surface area (Å²) in [6.45, 7) is 0. The molecule has 0 radical (unpaired) electrons. The highest BCUT2D eigenvalue weighted by Gasteiger charge is 2.33. The van der Waals surface area contributed by atoms with Crippen LogP contribution in [0.4, 0.5) is 24.5 Å². The number of sulfonamides is 1. The van der Waals surface area contributed by atoms with Crippen molar-refractivity contribution in [1.29, 1.82) is 0 Å². The molecule has 144 valence electrons. The molecular formula is C15H11ClF3N3O4S. The maximum Gasteiger partial charge on any atom is 0.573 e. The van der Waals surface area contributed by atoms with Crippen LogP contribution in [0.1, 0.15) is 0 Å². The Labute approximate surface area is 156 Å². The lowest BCUT2D eigenvalue weighted by atomic mass is 10.2. The van der Waals surface area contributed by atoms with Gasteiger partial charge in [0.15, 0.2) is 6.17 Å². The second-order valence-electron chi connectivity index (χ2n) is 5.40. The topological polar surface area (TPSA) is 96.5 Å². The molecule has 0 fully saturated rings. The van der Waals surface area contributed by atoms with Crippen LogP contribution >= 0.6 is 11.6 Å². The van der Waals surface area contributed by atoms with Gasteiger partial charge in [0.05, 0.1) is 5.69 Å². The van der Waals surface area contributed by atoms with E-state index in [0.717, 1.165) is 12.1 Å². The van der Waals surface area contributed by atoms with Gasteiger partial charge < -0.3 is 15.4 Å². The van der Waals surface area contributed by atoms with Gasteiger partial charge in [0.25, 0.3) is 5.91 Å². The van der Waals surface area contributed by atoms with Crippen LogP contribution in [0.3, 0.4) is 0 Å². The summed E-state index contributed by atoms with van der Waals surface area (Å²) in [5.41, 5.74) is 0.338. The van der Waals surface area contributed by atoms with Crippen LogP contribution in [0.2, 0.25) is 5.02 Å². The number of fused-ring (bicyclic) bond motifs is 1. The van der Waals surface area contributed by atoms with E-state index < -0.39 is 34.2 Å². The van der Waals surface area contributed by atoms with E-state index in [9.17, 15) is 26.4 Å². The lowest BCUT2D eigenvalue weighted by molar-refractivity contribution is -0.274. The fraction of sp³-hybridized carbons (Fsp3) is 0.133. The van der Waals surface area contributed by atoms with E-state index in [0.29, 0.717) is 0 Å². The Morgan fingerprint density at radius 2 is 1.81 bits per heavy atom. The maximum absolute atomic E-state index is 12.3. The quantitative estimate of drug-likeness (QED) is 0.708. The molecule has 3 N–H and O–H groups in total. The fourth-order valence-corrected chi connectivity index (χ4v) is 3.85. The maximum atomic E-state index is 12.3. The lowest BCUT2D eigenvalue weighted by Crippen LogP contribution is -2.51. The molecule has 1 amide bonds. The van der Waals surface area contributed by atoms with Crippen molar-refractivity contribution in [3.8, 4) is 5.75 Å². The molecule has 1 heterocycles. The van der Waals surface area contributed by atoms with Crippen molar-refractivity contribution in [1.82, 2.24) is 4.72 Å². The largest absolute Gasteiger partial charge is 0.573 e. The molecule has 0 bridgehead atoms. The predicted molar refractivity (Wildman–Crippen MR) is 90.9 cm³/mol. The minimum absolute atomic E-state index is 0.104. The molecule has 0 aromatic heterocycles. The number of halogens is 4. The van der Waals surface area contributed by atoms with E-state index in [1.54, 1.807) is 0 Å². The molecule has 0 spiro atoms. The molecule has 7 nitrogen and oxygen atoms in total. The van der Waals surface area contributed by atoms with Crippen LogP contribution in [-0.2, 0) is 14.8 Å². The summed E-state index contributed by atoms with van der Waals surface area (Å²) < 4.78 is 66.8. The number of nitrogens with one attached hydrogen (secondary N) is 3. The summed E-state index contributed by atoms with van der Waals surface area (Å²) in [5.74, 6) is -1.22. The third-order valence-corrected chi connectivity index (χ3v) is 5.12. The second kappa shape index (κ2) is 6.91. The molecular weight excluding hydrogens is 411 g/mol. The van der Waals surface area contributed by atoms with Crippen molar-refractivity contribution in [2.75, 3.05) is 10.6 Å². The van der Waals surface area contributed by atoms with Crippen molar-refractivity contribution in [2.24, 2.45) is 0 Å². The first-order valence-electron chi connectivity index (χ1n) is 7.29. The molecule has 1 aliphatic heterocycles. The summed E-state index contributed by atoms with van der Waals surface area (Å²) in [7, 11) is -3.98. The van der Waals surface area contributed by atoms with E-state index in [4.69, 9.17) is 11.6 Å². The number of carbonyl (C=O) groups is 1. The molecule has 2 aromatic carbocycles. The number of hydrogen-bond donors (Lipinski definition) is 3. The number of alkyl halides is 3. The fourth-order valence-electron chi connectivity index (χ4n) is 2.31. The highest BCUT2D eigenvalue weighted by molar-refractivity contribution is 7.89. The number of anilines is 2. The zero-order valence-electron chi connectivity index (χ0n) is 13.2.